The van der Waals surface area contributed by atoms with Crippen LogP contribution in [0.1, 0.15) is 119 Å². The van der Waals surface area contributed by atoms with E-state index in [1.807, 2.05) is 67.1 Å². The van der Waals surface area contributed by atoms with Crippen LogP contribution in [-0.4, -0.2) is 59.0 Å². The van der Waals surface area contributed by atoms with Crippen molar-refractivity contribution >= 4 is 141 Å². The minimum absolute atomic E-state index is 0. The van der Waals surface area contributed by atoms with Crippen LogP contribution in [-0.2, 0) is 12.8 Å². The first-order valence-corrected chi connectivity index (χ1v) is 40.5. The van der Waals surface area contributed by atoms with Crippen LogP contribution in [0.2, 0.25) is 0 Å². The summed E-state index contributed by atoms with van der Waals surface area (Å²) in [5.41, 5.74) is 18.8. The number of carboxylic acids is 1. The summed E-state index contributed by atoms with van der Waals surface area (Å²) in [6, 6.07) is 88.8. The average Bonchev–Trinajstić information content (AvgIpc) is 1.72. The van der Waals surface area contributed by atoms with Gasteiger partial charge in [0.2, 0.25) is 0 Å². The minimum atomic E-state index is -0.990. The first kappa shape index (κ1) is 76.2. The Kier molecular flexibility index (Phi) is 22.6. The van der Waals surface area contributed by atoms with E-state index in [-0.39, 0.29) is 18.9 Å². The van der Waals surface area contributed by atoms with Crippen molar-refractivity contribution in [1.29, 1.82) is 0 Å². The van der Waals surface area contributed by atoms with Crippen molar-refractivity contribution in [2.24, 2.45) is 0 Å². The van der Waals surface area contributed by atoms with E-state index in [9.17, 15) is 9.90 Å². The summed E-state index contributed by atoms with van der Waals surface area (Å²) < 4.78 is 16.8. The zero-order chi connectivity index (χ0) is 76.4. The van der Waals surface area contributed by atoms with E-state index in [1.54, 1.807) is 38.5 Å². The van der Waals surface area contributed by atoms with E-state index in [4.69, 9.17) is 19.8 Å². The number of benzene rings is 10. The van der Waals surface area contributed by atoms with Gasteiger partial charge >= 0.3 is 39.1 Å². The molecule has 0 saturated heterocycles. The van der Waals surface area contributed by atoms with Gasteiger partial charge in [-0.15, -0.1) is 0 Å². The van der Waals surface area contributed by atoms with E-state index in [0.29, 0.717) is 23.7 Å². The summed E-state index contributed by atoms with van der Waals surface area (Å²) in [6.07, 6.45) is 9.17. The zero-order valence-electron chi connectivity index (χ0n) is 61.8. The van der Waals surface area contributed by atoms with Crippen molar-refractivity contribution in [3.63, 3.8) is 0 Å². The molecule has 111 heavy (non-hydrogen) atoms. The molecule has 10 aromatic carbocycles. The van der Waals surface area contributed by atoms with Crippen LogP contribution in [0.15, 0.2) is 296 Å². The fourth-order valence-corrected chi connectivity index (χ4v) is 15.8. The first-order valence-electron chi connectivity index (χ1n) is 36.7. The normalized spacial score (nSPS) is 11.4. The second-order valence-electron chi connectivity index (χ2n) is 28.4. The summed E-state index contributed by atoms with van der Waals surface area (Å²) >= 11 is 9.43. The summed E-state index contributed by atoms with van der Waals surface area (Å²) in [6.45, 7) is 18.1. The maximum absolute atomic E-state index is 10.2. The molecule has 0 saturated carbocycles. The number of carbonyl (C=O) groups is 1. The number of hydrogen-bond acceptors (Lipinski definition) is 8. The molecule has 13 nitrogen and oxygen atoms in total. The Morgan fingerprint density at radius 2 is 0.748 bits per heavy atom. The molecule has 0 amide bonds. The third kappa shape index (κ3) is 14.6. The number of nitrogens with zero attached hydrogens (tertiary/aromatic N) is 9. The summed E-state index contributed by atoms with van der Waals surface area (Å²) in [4.78, 5) is 32.9. The molecule has 9 heterocycles. The second kappa shape index (κ2) is 33.0. The molecule has 16 heteroatoms. The number of phenolic OH excluding ortho intramolecular Hbond substituents is 1. The fraction of sp³-hybridized carbons (Fsp3) is 0.137. The van der Waals surface area contributed by atoms with Crippen molar-refractivity contribution in [2.75, 3.05) is 0 Å². The molecule has 0 fully saturated rings. The molecule has 556 valence electrons. The van der Waals surface area contributed by atoms with Gasteiger partial charge in [-0.25, -0.2) is 29.7 Å². The predicted octanol–water partition coefficient (Wildman–Crippen LogP) is 26.3. The Balaban J connectivity index is 0.000000140. The van der Waals surface area contributed by atoms with E-state index < -0.39 is 5.97 Å². The monoisotopic (exact) mass is 1680 g/mol. The van der Waals surface area contributed by atoms with Crippen LogP contribution in [0.3, 0.4) is 0 Å². The molecule has 0 bridgehead atoms. The number of hydrogen-bond donors (Lipinski definition) is 2. The Bertz CT molecular complexity index is 6580. The number of ether oxygens (including phenoxy) is 1. The number of fused-ring (bicyclic) bond motifs is 18. The molecule has 0 atom stereocenters. The van der Waals surface area contributed by atoms with Gasteiger partial charge in [0.05, 0.1) is 56.9 Å². The van der Waals surface area contributed by atoms with Crippen molar-refractivity contribution in [3.8, 4) is 51.4 Å². The molecule has 2 N–H and O–H groups in total. The quantitative estimate of drug-likeness (QED) is 0.0733. The fourth-order valence-electron chi connectivity index (χ4n) is 15.4. The van der Waals surface area contributed by atoms with Gasteiger partial charge in [-0.2, -0.15) is 0 Å². The van der Waals surface area contributed by atoms with Gasteiger partial charge in [0, 0.05) is 83.3 Å². The molecule has 9 aromatic heterocycles. The van der Waals surface area contributed by atoms with Crippen LogP contribution in [0.4, 0.5) is 0 Å². The van der Waals surface area contributed by atoms with Crippen molar-refractivity contribution in [1.82, 2.24) is 42.9 Å². The average molecular weight is 1680 g/mol. The number of imidazole rings is 2. The zero-order valence-corrected chi connectivity index (χ0v) is 66.5. The van der Waals surface area contributed by atoms with Crippen LogP contribution < -0.4 is 4.74 Å². The van der Waals surface area contributed by atoms with E-state index in [2.05, 4.69) is 311 Å². The number of halogens is 2. The number of carboxylic acid groups (broad SMARTS) is 1. The van der Waals surface area contributed by atoms with Gasteiger partial charge in [0.1, 0.15) is 45.9 Å². The van der Waals surface area contributed by atoms with Gasteiger partial charge in [-0.1, -0.05) is 212 Å². The third-order valence-electron chi connectivity index (χ3n) is 20.3. The number of aromatic nitrogens is 9. The number of pyridine rings is 5. The molecule has 0 aliphatic rings. The van der Waals surface area contributed by atoms with E-state index in [0.717, 1.165) is 105 Å². The Labute approximate surface area is 672 Å². The van der Waals surface area contributed by atoms with E-state index in [1.165, 1.54) is 78.2 Å². The predicted molar refractivity (Wildman–Crippen MR) is 466 cm³/mol. The van der Waals surface area contributed by atoms with Crippen molar-refractivity contribution in [3.05, 3.63) is 324 Å². The van der Waals surface area contributed by atoms with Crippen molar-refractivity contribution in [2.45, 2.75) is 86.5 Å². The maximum atomic E-state index is 10.2. The SMILES string of the molecule is Brc1ccc2c3ccccc3n(-c3ccccn3)c2c1.C.CC(C)c1cccc(C(C)C)c1-c1cnc2c3cc(O)ccc3c3ccccc3n12.CC(C)c1cccc(C(C)C)c1-c1cnc2c3cc(Oc4ccc5c6ccccc6n(-c6ccccn6)c5c4)ccc3c3ccccc3n12.O=C(O)c1ccccn1.[Cu][I]. The number of aromatic hydroxyl groups is 1. The molecule has 0 spiro atoms. The van der Waals surface area contributed by atoms with Gasteiger partial charge in [0.25, 0.3) is 0 Å². The molecule has 0 radical (unpaired) electrons. The van der Waals surface area contributed by atoms with E-state index >= 15 is 0 Å². The number of rotatable bonds is 11. The summed E-state index contributed by atoms with van der Waals surface area (Å²) in [5.74, 6) is 4.17. The van der Waals surface area contributed by atoms with Gasteiger partial charge in [-0.05, 0) is 178 Å². The summed E-state index contributed by atoms with van der Waals surface area (Å²) in [5, 5.41) is 30.0. The Morgan fingerprint density at radius 3 is 1.17 bits per heavy atom. The molecule has 0 aliphatic carbocycles. The molecule has 0 unspecified atom stereocenters. The van der Waals surface area contributed by atoms with Crippen LogP contribution >= 0.6 is 36.3 Å². The number of phenols is 1. The van der Waals surface area contributed by atoms with Gasteiger partial charge < -0.3 is 14.9 Å². The van der Waals surface area contributed by atoms with Gasteiger partial charge in [-0.3, -0.25) is 17.9 Å². The van der Waals surface area contributed by atoms with Crippen LogP contribution in [0, 0.1) is 0 Å². The topological polar surface area (TPSA) is 150 Å². The van der Waals surface area contributed by atoms with Crippen LogP contribution in [0.5, 0.6) is 17.2 Å². The van der Waals surface area contributed by atoms with Gasteiger partial charge in [0.15, 0.2) is 0 Å². The molecule has 19 rings (SSSR count). The number of para-hydroxylation sites is 4. The number of aromatic carboxylic acids is 1. The second-order valence-corrected chi connectivity index (χ2v) is 29.3. The van der Waals surface area contributed by atoms with Crippen LogP contribution in [0.25, 0.3) is 132 Å². The molecule has 0 aliphatic heterocycles. The first-order chi connectivity index (χ1) is 53.6. The Morgan fingerprint density at radius 1 is 0.378 bits per heavy atom. The molecule has 19 aromatic rings. The third-order valence-corrected chi connectivity index (χ3v) is 20.8. The molecular formula is C95H82BrCuIN9O4. The van der Waals surface area contributed by atoms with Crippen molar-refractivity contribution < 1.29 is 32.5 Å². The summed E-state index contributed by atoms with van der Waals surface area (Å²) in [7, 11) is 0. The standard InChI is InChI=1S/C44H36N4O.C27H26N2O.C17H11BrN2.C6H5NO2.CH4.Cu.HI/c1-27(2)31-14-11-15-32(28(3)4)43(31)41-26-46-44-37-24-29(19-21-33(37)34-12-5-8-17-39(34)48(41)44)49-30-20-22-36-35-13-6-7-16-38(35)47(40(36)25-30)42-18-9-10-23-45-42;1-16(2)19-9-7-10-20(17(3)4)26(19)25-15-28-27-23-14-18(30)12-13-21(23)22-8-5-6-11-24(22)29(25)27;18-12-8-9-14-13-5-1-2-6-15(13)20(16(14)11-12)17-7-3-4-10-19-17;8-6(9)5-3-1-2-4-7-5;;;/h5-28H,1-4H3;5-17,30H,1-4H3;1-11H;1-4H,(H,8,9);1H4;;1H/q;;;;;+1;/p-1. The molecular weight excluding hydrogens is 1600 g/mol. The Hall–Kier alpha value is -11.5.